The number of hydrogen-bond acceptors (Lipinski definition) is 2. The van der Waals surface area contributed by atoms with Gasteiger partial charge in [0.1, 0.15) is 11.5 Å². The summed E-state index contributed by atoms with van der Waals surface area (Å²) in [6, 6.07) is 10.7. The molecular weight excluding hydrogens is 281 g/mol. The van der Waals surface area contributed by atoms with Crippen molar-refractivity contribution in [3.05, 3.63) is 65.9 Å². The topological polar surface area (TPSA) is 46.4 Å². The zero-order valence-electron chi connectivity index (χ0n) is 12.2. The molecule has 0 saturated heterocycles. The molecule has 5 heteroatoms. The van der Waals surface area contributed by atoms with E-state index in [9.17, 15) is 9.18 Å². The van der Waals surface area contributed by atoms with Crippen LogP contribution in [0, 0.1) is 5.82 Å². The summed E-state index contributed by atoms with van der Waals surface area (Å²) in [4.78, 5) is 16.5. The van der Waals surface area contributed by atoms with Crippen molar-refractivity contribution in [3.63, 3.8) is 0 Å². The van der Waals surface area contributed by atoms with Gasteiger partial charge >= 0.3 is 0 Å². The number of amides is 1. The number of aromatic nitrogens is 2. The lowest BCUT2D eigenvalue weighted by Gasteiger charge is -2.08. The molecule has 0 aliphatic rings. The smallest absolute Gasteiger partial charge is 0.230 e. The minimum atomic E-state index is -0.335. The first-order chi connectivity index (χ1) is 10.7. The van der Waals surface area contributed by atoms with Crippen molar-refractivity contribution < 1.29 is 9.18 Å². The molecule has 0 radical (unpaired) electrons. The quantitative estimate of drug-likeness (QED) is 0.803. The number of carbonyl (C=O) groups excluding carboxylic acids is 1. The van der Waals surface area contributed by atoms with Crippen LogP contribution in [0.5, 0.6) is 0 Å². The molecule has 0 aliphatic heterocycles. The average Bonchev–Trinajstić information content (AvgIpc) is 2.88. The van der Waals surface area contributed by atoms with Crippen LogP contribution < -0.4 is 5.32 Å². The molecule has 1 N–H and O–H groups in total. The normalized spacial score (nSPS) is 10.8. The van der Waals surface area contributed by atoms with E-state index in [1.807, 2.05) is 31.2 Å². The molecule has 0 atom stereocenters. The van der Waals surface area contributed by atoms with Crippen molar-refractivity contribution in [2.45, 2.75) is 19.8 Å². The average molecular weight is 297 g/mol. The highest BCUT2D eigenvalue weighted by molar-refractivity contribution is 5.92. The summed E-state index contributed by atoms with van der Waals surface area (Å²) in [7, 11) is 0. The molecule has 3 aromatic rings. The van der Waals surface area contributed by atoms with E-state index in [0.29, 0.717) is 11.3 Å². The fraction of sp³-hybridized carbons (Fsp3) is 0.176. The standard InChI is InChI=1S/C17H16FN3O/c1-2-12-5-3-4-6-15(12)20-17(22)9-14-11-21-10-13(18)7-8-16(21)19-14/h3-8,10-11H,2,9H2,1H3,(H,20,22). The van der Waals surface area contributed by atoms with E-state index in [1.165, 1.54) is 12.3 Å². The van der Waals surface area contributed by atoms with Gasteiger partial charge in [0.25, 0.3) is 0 Å². The molecule has 22 heavy (non-hydrogen) atoms. The van der Waals surface area contributed by atoms with Crippen LogP contribution in [0.3, 0.4) is 0 Å². The van der Waals surface area contributed by atoms with Crippen LogP contribution >= 0.6 is 0 Å². The molecular formula is C17H16FN3O. The Labute approximate surface area is 127 Å². The van der Waals surface area contributed by atoms with Gasteiger partial charge in [-0.1, -0.05) is 25.1 Å². The third-order valence-electron chi connectivity index (χ3n) is 3.48. The first kappa shape index (κ1) is 14.3. The van der Waals surface area contributed by atoms with Gasteiger partial charge in [0.2, 0.25) is 5.91 Å². The lowest BCUT2D eigenvalue weighted by atomic mass is 10.1. The Morgan fingerprint density at radius 3 is 2.86 bits per heavy atom. The number of fused-ring (bicyclic) bond motifs is 1. The van der Waals surface area contributed by atoms with Gasteiger partial charge in [0.15, 0.2) is 0 Å². The van der Waals surface area contributed by atoms with Crippen molar-refractivity contribution >= 4 is 17.2 Å². The van der Waals surface area contributed by atoms with Gasteiger partial charge in [-0.2, -0.15) is 0 Å². The first-order valence-corrected chi connectivity index (χ1v) is 7.16. The second kappa shape index (κ2) is 5.97. The lowest BCUT2D eigenvalue weighted by molar-refractivity contribution is -0.115. The Kier molecular flexibility index (Phi) is 3.87. The van der Waals surface area contributed by atoms with Gasteiger partial charge in [0.05, 0.1) is 12.1 Å². The van der Waals surface area contributed by atoms with E-state index in [4.69, 9.17) is 0 Å². The maximum absolute atomic E-state index is 13.2. The monoisotopic (exact) mass is 297 g/mol. The molecule has 4 nitrogen and oxygen atoms in total. The van der Waals surface area contributed by atoms with Gasteiger partial charge in [-0.25, -0.2) is 9.37 Å². The maximum atomic E-state index is 13.2. The van der Waals surface area contributed by atoms with Gasteiger partial charge in [-0.05, 0) is 30.2 Å². The fourth-order valence-electron chi connectivity index (χ4n) is 2.41. The SMILES string of the molecule is CCc1ccccc1NC(=O)Cc1cn2cc(F)ccc2n1. The van der Waals surface area contributed by atoms with Crippen molar-refractivity contribution in [2.24, 2.45) is 0 Å². The number of nitrogens with one attached hydrogen (secondary N) is 1. The van der Waals surface area contributed by atoms with Gasteiger partial charge in [-0.3, -0.25) is 4.79 Å². The summed E-state index contributed by atoms with van der Waals surface area (Å²) < 4.78 is 14.7. The van der Waals surface area contributed by atoms with Crippen LogP contribution in [0.2, 0.25) is 0 Å². The second-order valence-electron chi connectivity index (χ2n) is 5.08. The molecule has 0 saturated carbocycles. The van der Waals surface area contributed by atoms with E-state index >= 15 is 0 Å². The van der Waals surface area contributed by atoms with Crippen LogP contribution in [0.25, 0.3) is 5.65 Å². The number of para-hydroxylation sites is 1. The van der Waals surface area contributed by atoms with Gasteiger partial charge < -0.3 is 9.72 Å². The largest absolute Gasteiger partial charge is 0.325 e. The molecule has 112 valence electrons. The van der Waals surface area contributed by atoms with E-state index in [1.54, 1.807) is 16.7 Å². The molecule has 0 spiro atoms. The lowest BCUT2D eigenvalue weighted by Crippen LogP contribution is -2.15. The summed E-state index contributed by atoms with van der Waals surface area (Å²) in [5.41, 5.74) is 3.15. The predicted molar refractivity (Wildman–Crippen MR) is 83.3 cm³/mol. The van der Waals surface area contributed by atoms with Crippen LogP contribution in [0.15, 0.2) is 48.8 Å². The highest BCUT2D eigenvalue weighted by atomic mass is 19.1. The Bertz CT molecular complexity index is 826. The number of nitrogens with zero attached hydrogens (tertiary/aromatic N) is 2. The molecule has 3 rings (SSSR count). The number of hydrogen-bond donors (Lipinski definition) is 1. The van der Waals surface area contributed by atoms with Crippen molar-refractivity contribution in [2.75, 3.05) is 5.32 Å². The molecule has 1 aromatic carbocycles. The van der Waals surface area contributed by atoms with Gasteiger partial charge in [0, 0.05) is 18.1 Å². The summed E-state index contributed by atoms with van der Waals surface area (Å²) in [5.74, 6) is -0.470. The molecule has 2 heterocycles. The summed E-state index contributed by atoms with van der Waals surface area (Å²) in [5, 5.41) is 2.90. The third-order valence-corrected chi connectivity index (χ3v) is 3.48. The van der Waals surface area contributed by atoms with Crippen LogP contribution in [0.4, 0.5) is 10.1 Å². The van der Waals surface area contributed by atoms with Crippen LogP contribution in [-0.2, 0) is 17.6 Å². The molecule has 0 fully saturated rings. The third kappa shape index (κ3) is 2.98. The highest BCUT2D eigenvalue weighted by Crippen LogP contribution is 2.16. The van der Waals surface area contributed by atoms with Crippen molar-refractivity contribution in [1.29, 1.82) is 0 Å². The summed E-state index contributed by atoms with van der Waals surface area (Å²) in [6.45, 7) is 2.04. The minimum absolute atomic E-state index is 0.134. The van der Waals surface area contributed by atoms with Crippen molar-refractivity contribution in [3.8, 4) is 0 Å². The Balaban J connectivity index is 1.75. The Morgan fingerprint density at radius 2 is 2.05 bits per heavy atom. The van der Waals surface area contributed by atoms with Crippen LogP contribution in [-0.4, -0.2) is 15.3 Å². The Hall–Kier alpha value is -2.69. The number of rotatable bonds is 4. The first-order valence-electron chi connectivity index (χ1n) is 7.16. The minimum Gasteiger partial charge on any atom is -0.325 e. The molecule has 1 amide bonds. The number of aryl methyl sites for hydroxylation is 1. The fourth-order valence-corrected chi connectivity index (χ4v) is 2.41. The van der Waals surface area contributed by atoms with E-state index < -0.39 is 0 Å². The van der Waals surface area contributed by atoms with E-state index in [2.05, 4.69) is 10.3 Å². The number of imidazole rings is 1. The number of anilines is 1. The number of pyridine rings is 1. The zero-order chi connectivity index (χ0) is 15.5. The molecule has 2 aromatic heterocycles. The number of halogens is 1. The second-order valence-corrected chi connectivity index (χ2v) is 5.08. The maximum Gasteiger partial charge on any atom is 0.230 e. The highest BCUT2D eigenvalue weighted by Gasteiger charge is 2.10. The summed E-state index contributed by atoms with van der Waals surface area (Å²) >= 11 is 0. The summed E-state index contributed by atoms with van der Waals surface area (Å²) in [6.07, 6.45) is 4.02. The Morgan fingerprint density at radius 1 is 1.23 bits per heavy atom. The molecule has 0 aliphatic carbocycles. The zero-order valence-corrected chi connectivity index (χ0v) is 12.2. The van der Waals surface area contributed by atoms with E-state index in [-0.39, 0.29) is 18.1 Å². The number of carbonyl (C=O) groups is 1. The van der Waals surface area contributed by atoms with Crippen molar-refractivity contribution in [1.82, 2.24) is 9.38 Å². The van der Waals surface area contributed by atoms with Gasteiger partial charge in [-0.15, -0.1) is 0 Å². The molecule has 0 bridgehead atoms. The van der Waals surface area contributed by atoms with Crippen LogP contribution in [0.1, 0.15) is 18.2 Å². The van der Waals surface area contributed by atoms with E-state index in [0.717, 1.165) is 17.7 Å². The predicted octanol–water partition coefficient (Wildman–Crippen LogP) is 3.22. The molecule has 0 unspecified atom stereocenters. The number of benzene rings is 1.